The van der Waals surface area contributed by atoms with E-state index in [2.05, 4.69) is 29.9 Å². The predicted octanol–water partition coefficient (Wildman–Crippen LogP) is 4.79. The van der Waals surface area contributed by atoms with Gasteiger partial charge in [-0.3, -0.25) is 9.78 Å². The van der Waals surface area contributed by atoms with Crippen LogP contribution in [0.5, 0.6) is 11.5 Å². The third-order valence-corrected chi connectivity index (χ3v) is 4.64. The number of rotatable bonds is 4. The van der Waals surface area contributed by atoms with Gasteiger partial charge in [-0.15, -0.1) is 8.78 Å². The molecule has 0 atom stereocenters. The van der Waals surface area contributed by atoms with Gasteiger partial charge in [-0.1, -0.05) is 30.6 Å². The van der Waals surface area contributed by atoms with Crippen LogP contribution in [-0.2, 0) is 0 Å². The average molecular weight is 437 g/mol. The summed E-state index contributed by atoms with van der Waals surface area (Å²) >= 11 is 6.16. The SMILES string of the molecule is Cc1onc(C(C)C)c1C(=O)Nc1cnc(-c2cc3c(cc2Cl)OC(F)(F)O3)cn1. The average Bonchev–Trinajstić information content (AvgIpc) is 3.19. The van der Waals surface area contributed by atoms with Crippen molar-refractivity contribution in [1.29, 1.82) is 0 Å². The van der Waals surface area contributed by atoms with Crippen molar-refractivity contribution in [3.05, 3.63) is 46.6 Å². The van der Waals surface area contributed by atoms with E-state index in [-0.39, 0.29) is 28.3 Å². The smallest absolute Gasteiger partial charge is 0.395 e. The number of hydrogen-bond donors (Lipinski definition) is 1. The van der Waals surface area contributed by atoms with Crippen LogP contribution in [0.2, 0.25) is 5.02 Å². The Morgan fingerprint density at radius 1 is 1.17 bits per heavy atom. The van der Waals surface area contributed by atoms with Crippen molar-refractivity contribution in [2.24, 2.45) is 0 Å². The topological polar surface area (TPSA) is 99.4 Å². The maximum absolute atomic E-state index is 13.2. The monoisotopic (exact) mass is 436 g/mol. The van der Waals surface area contributed by atoms with E-state index >= 15 is 0 Å². The summed E-state index contributed by atoms with van der Waals surface area (Å²) in [6.07, 6.45) is -1.08. The first-order chi connectivity index (χ1) is 14.1. The molecule has 0 fully saturated rings. The highest BCUT2D eigenvalue weighted by Gasteiger charge is 2.44. The molecule has 3 aromatic rings. The molecule has 8 nitrogen and oxygen atoms in total. The second-order valence-electron chi connectivity index (χ2n) is 6.84. The van der Waals surface area contributed by atoms with Gasteiger partial charge in [0, 0.05) is 11.6 Å². The Morgan fingerprint density at radius 2 is 1.87 bits per heavy atom. The number of benzene rings is 1. The molecule has 4 rings (SSSR count). The fraction of sp³-hybridized carbons (Fsp3) is 0.263. The summed E-state index contributed by atoms with van der Waals surface area (Å²) in [6, 6.07) is 2.50. The molecule has 1 amide bonds. The van der Waals surface area contributed by atoms with Crippen LogP contribution >= 0.6 is 11.6 Å². The van der Waals surface area contributed by atoms with Crippen molar-refractivity contribution < 1.29 is 27.6 Å². The summed E-state index contributed by atoms with van der Waals surface area (Å²) in [4.78, 5) is 21.0. The number of nitrogens with one attached hydrogen (secondary N) is 1. The number of carbonyl (C=O) groups excluding carboxylic acids is 1. The Kier molecular flexibility index (Phi) is 4.81. The van der Waals surface area contributed by atoms with Gasteiger partial charge in [-0.05, 0) is 18.9 Å². The van der Waals surface area contributed by atoms with Gasteiger partial charge in [0.1, 0.15) is 11.3 Å². The molecule has 1 N–H and O–H groups in total. The van der Waals surface area contributed by atoms with Crippen molar-refractivity contribution in [2.75, 3.05) is 5.32 Å². The lowest BCUT2D eigenvalue weighted by atomic mass is 10.0. The van der Waals surface area contributed by atoms with Gasteiger partial charge < -0.3 is 19.3 Å². The van der Waals surface area contributed by atoms with E-state index in [1.54, 1.807) is 6.92 Å². The second-order valence-corrected chi connectivity index (χ2v) is 7.25. The molecule has 156 valence electrons. The molecule has 0 bridgehead atoms. The normalized spacial score (nSPS) is 14.2. The fourth-order valence-electron chi connectivity index (χ4n) is 2.94. The largest absolute Gasteiger partial charge is 0.586 e. The zero-order chi connectivity index (χ0) is 21.6. The maximum atomic E-state index is 13.2. The summed E-state index contributed by atoms with van der Waals surface area (Å²) in [5.74, 6) is -0.189. The number of nitrogens with zero attached hydrogens (tertiary/aromatic N) is 3. The lowest BCUT2D eigenvalue weighted by Gasteiger charge is -2.08. The summed E-state index contributed by atoms with van der Waals surface area (Å²) in [7, 11) is 0. The van der Waals surface area contributed by atoms with Crippen LogP contribution in [0, 0.1) is 6.92 Å². The van der Waals surface area contributed by atoms with Crippen molar-refractivity contribution in [3.63, 3.8) is 0 Å². The van der Waals surface area contributed by atoms with Crippen LogP contribution in [0.15, 0.2) is 29.0 Å². The molecule has 3 heterocycles. The lowest BCUT2D eigenvalue weighted by molar-refractivity contribution is -0.286. The second kappa shape index (κ2) is 7.21. The molecule has 0 spiro atoms. The zero-order valence-corrected chi connectivity index (χ0v) is 16.8. The van der Waals surface area contributed by atoms with Gasteiger partial charge in [0.05, 0.1) is 28.8 Å². The van der Waals surface area contributed by atoms with Crippen LogP contribution in [-0.4, -0.2) is 27.3 Å². The van der Waals surface area contributed by atoms with Crippen molar-refractivity contribution in [2.45, 2.75) is 33.0 Å². The number of aryl methyl sites for hydroxylation is 1. The molecular formula is C19H15ClF2N4O4. The highest BCUT2D eigenvalue weighted by molar-refractivity contribution is 6.33. The summed E-state index contributed by atoms with van der Waals surface area (Å²) in [5.41, 5.74) is 1.50. The zero-order valence-electron chi connectivity index (χ0n) is 16.0. The molecule has 0 unspecified atom stereocenters. The van der Waals surface area contributed by atoms with Crippen molar-refractivity contribution >= 4 is 23.3 Å². The van der Waals surface area contributed by atoms with Crippen molar-refractivity contribution in [1.82, 2.24) is 15.1 Å². The van der Waals surface area contributed by atoms with Crippen molar-refractivity contribution in [3.8, 4) is 22.8 Å². The Bertz CT molecular complexity index is 1130. The van der Waals surface area contributed by atoms with E-state index in [1.165, 1.54) is 24.5 Å². The Morgan fingerprint density at radius 3 is 2.50 bits per heavy atom. The molecule has 0 radical (unpaired) electrons. The van der Waals surface area contributed by atoms with Gasteiger partial charge in [0.25, 0.3) is 5.91 Å². The number of carbonyl (C=O) groups is 1. The Labute approximate surface area is 174 Å². The summed E-state index contributed by atoms with van der Waals surface area (Å²) < 4.78 is 40.4. The number of alkyl halides is 2. The number of ether oxygens (including phenoxy) is 2. The van der Waals surface area contributed by atoms with E-state index < -0.39 is 12.2 Å². The van der Waals surface area contributed by atoms with Crippen LogP contribution in [0.3, 0.4) is 0 Å². The van der Waals surface area contributed by atoms with Crippen LogP contribution in [0.1, 0.15) is 41.6 Å². The molecule has 0 aliphatic carbocycles. The third kappa shape index (κ3) is 3.65. The number of fused-ring (bicyclic) bond motifs is 1. The first-order valence-corrected chi connectivity index (χ1v) is 9.21. The van der Waals surface area contributed by atoms with Crippen LogP contribution < -0.4 is 14.8 Å². The van der Waals surface area contributed by atoms with E-state index in [0.29, 0.717) is 28.3 Å². The van der Waals surface area contributed by atoms with E-state index in [1.807, 2.05) is 13.8 Å². The summed E-state index contributed by atoms with van der Waals surface area (Å²) in [5, 5.41) is 6.68. The van der Waals surface area contributed by atoms with E-state index in [4.69, 9.17) is 16.1 Å². The minimum atomic E-state index is -3.75. The Balaban J connectivity index is 1.56. The quantitative estimate of drug-likeness (QED) is 0.627. The number of hydrogen-bond acceptors (Lipinski definition) is 7. The molecular weight excluding hydrogens is 422 g/mol. The lowest BCUT2D eigenvalue weighted by Crippen LogP contribution is -2.25. The fourth-order valence-corrected chi connectivity index (χ4v) is 3.19. The van der Waals surface area contributed by atoms with Gasteiger partial charge >= 0.3 is 6.29 Å². The Hall–Kier alpha value is -3.27. The number of aromatic nitrogens is 3. The number of anilines is 1. The van der Waals surface area contributed by atoms with Gasteiger partial charge in [-0.25, -0.2) is 4.98 Å². The molecule has 1 aliphatic rings. The van der Waals surface area contributed by atoms with Gasteiger partial charge in [-0.2, -0.15) is 0 Å². The maximum Gasteiger partial charge on any atom is 0.586 e. The first kappa shape index (κ1) is 20.0. The molecule has 1 aromatic carbocycles. The van der Waals surface area contributed by atoms with E-state index in [9.17, 15) is 13.6 Å². The minimum Gasteiger partial charge on any atom is -0.395 e. The molecule has 11 heteroatoms. The van der Waals surface area contributed by atoms with Gasteiger partial charge in [0.15, 0.2) is 17.3 Å². The minimum absolute atomic E-state index is 0.00260. The molecule has 2 aromatic heterocycles. The third-order valence-electron chi connectivity index (χ3n) is 4.32. The highest BCUT2D eigenvalue weighted by atomic mass is 35.5. The summed E-state index contributed by atoms with van der Waals surface area (Å²) in [6.45, 7) is 5.44. The van der Waals surface area contributed by atoms with Crippen LogP contribution in [0.4, 0.5) is 14.6 Å². The van der Waals surface area contributed by atoms with Gasteiger partial charge in [0.2, 0.25) is 0 Å². The number of amides is 1. The molecule has 1 aliphatic heterocycles. The molecule has 30 heavy (non-hydrogen) atoms. The standard InChI is InChI=1S/C19H15ClF2N4O4/c1-8(2)17-16(9(3)30-26-17)18(27)25-15-7-23-12(6-24-15)10-4-13-14(5-11(10)20)29-19(21,22)28-13/h4-8H,1-3H3,(H,24,25,27). The number of halogens is 3. The molecule has 0 saturated heterocycles. The molecule has 0 saturated carbocycles. The van der Waals surface area contributed by atoms with Crippen LogP contribution in [0.25, 0.3) is 11.3 Å². The van der Waals surface area contributed by atoms with E-state index in [0.717, 1.165) is 0 Å². The highest BCUT2D eigenvalue weighted by Crippen LogP contribution is 2.45. The predicted molar refractivity (Wildman–Crippen MR) is 102 cm³/mol. The first-order valence-electron chi connectivity index (χ1n) is 8.84.